The van der Waals surface area contributed by atoms with E-state index in [0.717, 1.165) is 12.8 Å². The molecule has 0 aliphatic carbocycles. The van der Waals surface area contributed by atoms with Crippen LogP contribution in [0.5, 0.6) is 0 Å². The van der Waals surface area contributed by atoms with Gasteiger partial charge in [-0.3, -0.25) is 4.79 Å². The van der Waals surface area contributed by atoms with Crippen molar-refractivity contribution in [3.63, 3.8) is 0 Å². The molecule has 0 aliphatic heterocycles. The average Bonchev–Trinajstić information content (AvgIpc) is 2.18. The fraction of sp³-hybridized carbons (Fsp3) is 0.364. The van der Waals surface area contributed by atoms with Crippen molar-refractivity contribution in [2.24, 2.45) is 0 Å². The summed E-state index contributed by atoms with van der Waals surface area (Å²) in [6.07, 6.45) is 2.10. The molecule has 1 rings (SSSR count). The van der Waals surface area contributed by atoms with Crippen molar-refractivity contribution >= 4 is 11.5 Å². The number of carbonyl (C=O) groups excluding carboxylic acids is 1. The molecule has 0 spiro atoms. The van der Waals surface area contributed by atoms with Gasteiger partial charge in [0.25, 0.3) is 0 Å². The van der Waals surface area contributed by atoms with Crippen LogP contribution in [0, 0.1) is 5.82 Å². The maximum absolute atomic E-state index is 13.2. The van der Waals surface area contributed by atoms with E-state index >= 15 is 0 Å². The Bertz CT molecular complexity index is 336. The largest absolute Gasteiger partial charge is 0.399 e. The van der Waals surface area contributed by atoms with Crippen LogP contribution in [0.4, 0.5) is 10.1 Å². The van der Waals surface area contributed by atoms with Gasteiger partial charge in [0.2, 0.25) is 0 Å². The van der Waals surface area contributed by atoms with Crippen molar-refractivity contribution in [1.29, 1.82) is 0 Å². The van der Waals surface area contributed by atoms with Crippen LogP contribution in [-0.2, 0) is 0 Å². The third-order valence-corrected chi connectivity index (χ3v) is 2.05. The third-order valence-electron chi connectivity index (χ3n) is 2.05. The quantitative estimate of drug-likeness (QED) is 0.593. The van der Waals surface area contributed by atoms with Crippen molar-refractivity contribution in [3.05, 3.63) is 29.6 Å². The van der Waals surface area contributed by atoms with Gasteiger partial charge in [0, 0.05) is 12.1 Å². The molecule has 14 heavy (non-hydrogen) atoms. The highest BCUT2D eigenvalue weighted by molar-refractivity contribution is 5.97. The third kappa shape index (κ3) is 2.55. The van der Waals surface area contributed by atoms with E-state index in [4.69, 9.17) is 5.73 Å². The van der Waals surface area contributed by atoms with Gasteiger partial charge in [-0.15, -0.1) is 0 Å². The predicted molar refractivity (Wildman–Crippen MR) is 54.7 cm³/mol. The van der Waals surface area contributed by atoms with Gasteiger partial charge >= 0.3 is 0 Å². The lowest BCUT2D eigenvalue weighted by Crippen LogP contribution is -2.03. The summed E-state index contributed by atoms with van der Waals surface area (Å²) in [5.74, 6) is -0.656. The molecule has 0 unspecified atom stereocenters. The van der Waals surface area contributed by atoms with E-state index in [2.05, 4.69) is 0 Å². The molecule has 2 nitrogen and oxygen atoms in total. The van der Waals surface area contributed by atoms with E-state index in [1.54, 1.807) is 0 Å². The Kier molecular flexibility index (Phi) is 3.63. The second-order valence-corrected chi connectivity index (χ2v) is 3.27. The first-order valence-corrected chi connectivity index (χ1v) is 4.73. The zero-order valence-electron chi connectivity index (χ0n) is 8.22. The Morgan fingerprint density at radius 2 is 2.21 bits per heavy atom. The van der Waals surface area contributed by atoms with Gasteiger partial charge < -0.3 is 5.73 Å². The second kappa shape index (κ2) is 4.74. The Morgan fingerprint density at radius 1 is 1.50 bits per heavy atom. The lowest BCUT2D eigenvalue weighted by atomic mass is 10.0. The molecule has 0 saturated carbocycles. The molecule has 0 amide bonds. The summed E-state index contributed by atoms with van der Waals surface area (Å²) in [5, 5.41) is 0. The molecule has 76 valence electrons. The summed E-state index contributed by atoms with van der Waals surface area (Å²) in [4.78, 5) is 11.5. The van der Waals surface area contributed by atoms with Crippen LogP contribution in [0.15, 0.2) is 18.2 Å². The summed E-state index contributed by atoms with van der Waals surface area (Å²) < 4.78 is 13.2. The first-order valence-electron chi connectivity index (χ1n) is 4.73. The molecule has 1 aromatic rings. The number of anilines is 1. The fourth-order valence-corrected chi connectivity index (χ4v) is 1.23. The number of carbonyl (C=O) groups is 1. The van der Waals surface area contributed by atoms with E-state index in [1.165, 1.54) is 18.2 Å². The molecule has 1 aromatic carbocycles. The second-order valence-electron chi connectivity index (χ2n) is 3.27. The number of halogens is 1. The number of hydrogen-bond acceptors (Lipinski definition) is 2. The highest BCUT2D eigenvalue weighted by Crippen LogP contribution is 2.15. The molecule has 2 N–H and O–H groups in total. The van der Waals surface area contributed by atoms with E-state index in [1.807, 2.05) is 6.92 Å². The number of nitrogens with two attached hydrogens (primary N) is 1. The van der Waals surface area contributed by atoms with Crippen molar-refractivity contribution < 1.29 is 9.18 Å². The number of hydrogen-bond donors (Lipinski definition) is 1. The molecule has 0 atom stereocenters. The highest BCUT2D eigenvalue weighted by Gasteiger charge is 2.10. The lowest BCUT2D eigenvalue weighted by Gasteiger charge is -2.02. The molecule has 0 aromatic heterocycles. The summed E-state index contributed by atoms with van der Waals surface area (Å²) in [5.41, 5.74) is 6.01. The SMILES string of the molecule is CCCCC(=O)c1cc(N)ccc1F. The normalized spacial score (nSPS) is 10.1. The standard InChI is InChI=1S/C11H14FNO/c1-2-3-4-11(14)9-7-8(13)5-6-10(9)12/h5-7H,2-4,13H2,1H3. The summed E-state index contributed by atoms with van der Waals surface area (Å²) in [7, 11) is 0. The molecule has 0 saturated heterocycles. The molecule has 0 bridgehead atoms. The van der Waals surface area contributed by atoms with Gasteiger partial charge in [-0.1, -0.05) is 13.3 Å². The van der Waals surface area contributed by atoms with E-state index in [9.17, 15) is 9.18 Å². The van der Waals surface area contributed by atoms with Crippen LogP contribution in [0.2, 0.25) is 0 Å². The van der Waals surface area contributed by atoms with Crippen LogP contribution < -0.4 is 5.73 Å². The van der Waals surface area contributed by atoms with Crippen LogP contribution in [-0.4, -0.2) is 5.78 Å². The summed E-state index contributed by atoms with van der Waals surface area (Å²) in [6.45, 7) is 1.99. The van der Waals surface area contributed by atoms with Crippen molar-refractivity contribution in [2.45, 2.75) is 26.2 Å². The van der Waals surface area contributed by atoms with E-state index < -0.39 is 5.82 Å². The van der Waals surface area contributed by atoms with Crippen LogP contribution >= 0.6 is 0 Å². The molecule has 0 radical (unpaired) electrons. The number of unbranched alkanes of at least 4 members (excludes halogenated alkanes) is 1. The first kappa shape index (κ1) is 10.7. The Balaban J connectivity index is 2.83. The Labute approximate surface area is 82.9 Å². The lowest BCUT2D eigenvalue weighted by molar-refractivity contribution is 0.0976. The molecule has 0 fully saturated rings. The predicted octanol–water partition coefficient (Wildman–Crippen LogP) is 2.78. The minimum atomic E-state index is -0.486. The van der Waals surface area contributed by atoms with Gasteiger partial charge in [-0.2, -0.15) is 0 Å². The van der Waals surface area contributed by atoms with E-state index in [0.29, 0.717) is 12.1 Å². The van der Waals surface area contributed by atoms with Crippen LogP contribution in [0.1, 0.15) is 36.5 Å². The van der Waals surface area contributed by atoms with Gasteiger partial charge in [-0.25, -0.2) is 4.39 Å². The highest BCUT2D eigenvalue weighted by atomic mass is 19.1. The zero-order valence-corrected chi connectivity index (χ0v) is 8.22. The molecule has 0 heterocycles. The number of ketones is 1. The fourth-order valence-electron chi connectivity index (χ4n) is 1.23. The van der Waals surface area contributed by atoms with Crippen molar-refractivity contribution in [3.8, 4) is 0 Å². The first-order chi connectivity index (χ1) is 6.65. The number of rotatable bonds is 4. The minimum Gasteiger partial charge on any atom is -0.399 e. The summed E-state index contributed by atoms with van der Waals surface area (Å²) >= 11 is 0. The smallest absolute Gasteiger partial charge is 0.165 e. The maximum Gasteiger partial charge on any atom is 0.165 e. The van der Waals surface area contributed by atoms with Crippen LogP contribution in [0.3, 0.4) is 0 Å². The minimum absolute atomic E-state index is 0.110. The monoisotopic (exact) mass is 195 g/mol. The summed E-state index contributed by atoms with van der Waals surface area (Å²) in [6, 6.07) is 4.08. The molecule has 0 aliphatic rings. The van der Waals surface area contributed by atoms with E-state index in [-0.39, 0.29) is 11.3 Å². The molecule has 3 heteroatoms. The van der Waals surface area contributed by atoms with Gasteiger partial charge in [0.1, 0.15) is 5.82 Å². The maximum atomic E-state index is 13.2. The number of nitrogen functional groups attached to an aromatic ring is 1. The topological polar surface area (TPSA) is 43.1 Å². The van der Waals surface area contributed by atoms with Crippen molar-refractivity contribution in [1.82, 2.24) is 0 Å². The number of benzene rings is 1. The van der Waals surface area contributed by atoms with Crippen LogP contribution in [0.25, 0.3) is 0 Å². The van der Waals surface area contributed by atoms with Gasteiger partial charge in [-0.05, 0) is 24.6 Å². The zero-order chi connectivity index (χ0) is 10.6. The average molecular weight is 195 g/mol. The Hall–Kier alpha value is -1.38. The Morgan fingerprint density at radius 3 is 2.86 bits per heavy atom. The van der Waals surface area contributed by atoms with Gasteiger partial charge in [0.05, 0.1) is 5.56 Å². The number of Topliss-reactive ketones (excluding diaryl/α,β-unsaturated/α-hetero) is 1. The van der Waals surface area contributed by atoms with Gasteiger partial charge in [0.15, 0.2) is 5.78 Å². The van der Waals surface area contributed by atoms with Crippen molar-refractivity contribution in [2.75, 3.05) is 5.73 Å². The molecular weight excluding hydrogens is 181 g/mol. The molecular formula is C11H14FNO.